The zero-order valence-electron chi connectivity index (χ0n) is 15.1. The van der Waals surface area contributed by atoms with Gasteiger partial charge in [0, 0.05) is 18.8 Å². The molecule has 1 atom stereocenters. The minimum absolute atomic E-state index is 0.126. The Kier molecular flexibility index (Phi) is 5.44. The van der Waals surface area contributed by atoms with Crippen LogP contribution in [0, 0.1) is 19.8 Å². The van der Waals surface area contributed by atoms with Crippen molar-refractivity contribution in [1.82, 2.24) is 4.31 Å². The third-order valence-electron chi connectivity index (χ3n) is 4.70. The molecular formula is C20H24N2O3S. The van der Waals surface area contributed by atoms with E-state index in [0.717, 1.165) is 16.8 Å². The molecule has 1 saturated heterocycles. The number of carbonyl (C=O) groups excluding carboxylic acids is 1. The van der Waals surface area contributed by atoms with Crippen LogP contribution in [-0.2, 0) is 14.8 Å². The van der Waals surface area contributed by atoms with Crippen molar-refractivity contribution in [2.75, 3.05) is 18.4 Å². The van der Waals surface area contributed by atoms with Crippen molar-refractivity contribution in [3.63, 3.8) is 0 Å². The number of amides is 1. The molecule has 26 heavy (non-hydrogen) atoms. The molecule has 0 aliphatic carbocycles. The summed E-state index contributed by atoms with van der Waals surface area (Å²) in [5, 5.41) is 2.91. The molecule has 1 aliphatic heterocycles. The van der Waals surface area contributed by atoms with Crippen molar-refractivity contribution in [2.24, 2.45) is 5.92 Å². The first-order valence-corrected chi connectivity index (χ1v) is 10.2. The summed E-state index contributed by atoms with van der Waals surface area (Å²) in [5.74, 6) is -0.469. The molecule has 1 amide bonds. The third kappa shape index (κ3) is 4.14. The lowest BCUT2D eigenvalue weighted by molar-refractivity contribution is -0.120. The molecule has 1 heterocycles. The molecule has 1 unspecified atom stereocenters. The Morgan fingerprint density at radius 2 is 1.81 bits per heavy atom. The summed E-state index contributed by atoms with van der Waals surface area (Å²) in [6.45, 7) is 4.55. The number of nitrogens with one attached hydrogen (secondary N) is 1. The van der Waals surface area contributed by atoms with Gasteiger partial charge in [0.25, 0.3) is 0 Å². The maximum atomic E-state index is 12.9. The van der Waals surface area contributed by atoms with Gasteiger partial charge in [-0.15, -0.1) is 0 Å². The van der Waals surface area contributed by atoms with E-state index in [1.54, 1.807) is 24.3 Å². The highest BCUT2D eigenvalue weighted by Crippen LogP contribution is 2.25. The van der Waals surface area contributed by atoms with Crippen LogP contribution in [-0.4, -0.2) is 31.7 Å². The van der Waals surface area contributed by atoms with E-state index < -0.39 is 10.0 Å². The SMILES string of the molecule is Cc1ccc(S(=O)(=O)N2CCCC(C(=O)Nc3cccc(C)c3)C2)cc1. The van der Waals surface area contributed by atoms with E-state index in [-0.39, 0.29) is 23.3 Å². The summed E-state index contributed by atoms with van der Waals surface area (Å²) in [4.78, 5) is 12.9. The van der Waals surface area contributed by atoms with Gasteiger partial charge < -0.3 is 5.32 Å². The highest BCUT2D eigenvalue weighted by atomic mass is 32.2. The highest BCUT2D eigenvalue weighted by Gasteiger charge is 2.33. The van der Waals surface area contributed by atoms with E-state index >= 15 is 0 Å². The fourth-order valence-electron chi connectivity index (χ4n) is 3.20. The quantitative estimate of drug-likeness (QED) is 0.895. The van der Waals surface area contributed by atoms with Crippen LogP contribution in [0.4, 0.5) is 5.69 Å². The number of piperidine rings is 1. The Balaban J connectivity index is 1.72. The summed E-state index contributed by atoms with van der Waals surface area (Å²) in [6.07, 6.45) is 1.37. The Hall–Kier alpha value is -2.18. The van der Waals surface area contributed by atoms with Gasteiger partial charge in [0.2, 0.25) is 15.9 Å². The van der Waals surface area contributed by atoms with Crippen LogP contribution in [0.5, 0.6) is 0 Å². The Morgan fingerprint density at radius 3 is 2.50 bits per heavy atom. The molecule has 0 aromatic heterocycles. The lowest BCUT2D eigenvalue weighted by atomic mass is 9.98. The lowest BCUT2D eigenvalue weighted by Gasteiger charge is -2.31. The Bertz CT molecular complexity index is 892. The van der Waals surface area contributed by atoms with Gasteiger partial charge in [-0.25, -0.2) is 8.42 Å². The van der Waals surface area contributed by atoms with Crippen LogP contribution in [0.3, 0.4) is 0 Å². The normalized spacial score (nSPS) is 18.5. The number of nitrogens with zero attached hydrogens (tertiary/aromatic N) is 1. The first-order chi connectivity index (χ1) is 12.4. The van der Waals surface area contributed by atoms with Gasteiger partial charge in [0.15, 0.2) is 0 Å². The molecule has 3 rings (SSSR count). The number of hydrogen-bond acceptors (Lipinski definition) is 3. The number of benzene rings is 2. The fraction of sp³-hybridized carbons (Fsp3) is 0.350. The molecule has 0 saturated carbocycles. The van der Waals surface area contributed by atoms with Crippen molar-refractivity contribution in [3.05, 3.63) is 59.7 Å². The van der Waals surface area contributed by atoms with Gasteiger partial charge in [-0.3, -0.25) is 4.79 Å². The predicted octanol–water partition coefficient (Wildman–Crippen LogP) is 3.34. The summed E-state index contributed by atoms with van der Waals surface area (Å²) in [7, 11) is -3.57. The molecule has 0 bridgehead atoms. The molecular weight excluding hydrogens is 348 g/mol. The van der Waals surface area contributed by atoms with Crippen molar-refractivity contribution < 1.29 is 13.2 Å². The molecule has 0 spiro atoms. The molecule has 1 N–H and O–H groups in total. The second-order valence-electron chi connectivity index (χ2n) is 6.87. The molecule has 0 radical (unpaired) electrons. The van der Waals surface area contributed by atoms with E-state index in [2.05, 4.69) is 5.32 Å². The number of sulfonamides is 1. The minimum atomic E-state index is -3.57. The van der Waals surface area contributed by atoms with Crippen LogP contribution in [0.15, 0.2) is 53.4 Å². The van der Waals surface area contributed by atoms with E-state index in [1.165, 1.54) is 4.31 Å². The number of rotatable bonds is 4. The number of aryl methyl sites for hydroxylation is 2. The topological polar surface area (TPSA) is 66.5 Å². The predicted molar refractivity (Wildman–Crippen MR) is 102 cm³/mol. The Morgan fingerprint density at radius 1 is 1.08 bits per heavy atom. The van der Waals surface area contributed by atoms with E-state index in [1.807, 2.05) is 38.1 Å². The van der Waals surface area contributed by atoms with E-state index in [9.17, 15) is 13.2 Å². The summed E-state index contributed by atoms with van der Waals surface area (Å²) in [5.41, 5.74) is 2.82. The number of hydrogen-bond donors (Lipinski definition) is 1. The van der Waals surface area contributed by atoms with Crippen LogP contribution >= 0.6 is 0 Å². The van der Waals surface area contributed by atoms with E-state index in [0.29, 0.717) is 19.4 Å². The molecule has 138 valence electrons. The van der Waals surface area contributed by atoms with Gasteiger partial charge >= 0.3 is 0 Å². The van der Waals surface area contributed by atoms with Gasteiger partial charge in [-0.1, -0.05) is 29.8 Å². The lowest BCUT2D eigenvalue weighted by Crippen LogP contribution is -2.43. The summed E-state index contributed by atoms with van der Waals surface area (Å²) >= 11 is 0. The van der Waals surface area contributed by atoms with Crippen molar-refractivity contribution in [1.29, 1.82) is 0 Å². The smallest absolute Gasteiger partial charge is 0.243 e. The zero-order chi connectivity index (χ0) is 18.7. The van der Waals surface area contributed by atoms with Crippen LogP contribution in [0.2, 0.25) is 0 Å². The monoisotopic (exact) mass is 372 g/mol. The largest absolute Gasteiger partial charge is 0.326 e. The van der Waals surface area contributed by atoms with Gasteiger partial charge in [-0.05, 0) is 56.5 Å². The second kappa shape index (κ2) is 7.60. The van der Waals surface area contributed by atoms with E-state index in [4.69, 9.17) is 0 Å². The molecule has 5 nitrogen and oxygen atoms in total. The maximum absolute atomic E-state index is 12.9. The Labute approximate surface area is 155 Å². The van der Waals surface area contributed by atoms with Crippen molar-refractivity contribution >= 4 is 21.6 Å². The van der Waals surface area contributed by atoms with Crippen LogP contribution in [0.25, 0.3) is 0 Å². The fourth-order valence-corrected chi connectivity index (χ4v) is 4.73. The number of anilines is 1. The van der Waals surface area contributed by atoms with Crippen LogP contribution < -0.4 is 5.32 Å². The average Bonchev–Trinajstić information content (AvgIpc) is 2.62. The van der Waals surface area contributed by atoms with Gasteiger partial charge in [-0.2, -0.15) is 4.31 Å². The standard InChI is InChI=1S/C20H24N2O3S/c1-15-8-10-19(11-9-15)26(24,25)22-12-4-6-17(14-22)20(23)21-18-7-3-5-16(2)13-18/h3,5,7-11,13,17H,4,6,12,14H2,1-2H3,(H,21,23). The third-order valence-corrected chi connectivity index (χ3v) is 6.58. The minimum Gasteiger partial charge on any atom is -0.326 e. The van der Waals surface area contributed by atoms with Crippen molar-refractivity contribution in [2.45, 2.75) is 31.6 Å². The van der Waals surface area contributed by atoms with Gasteiger partial charge in [0.05, 0.1) is 10.8 Å². The average molecular weight is 372 g/mol. The first kappa shape index (κ1) is 18.6. The molecule has 1 aliphatic rings. The highest BCUT2D eigenvalue weighted by molar-refractivity contribution is 7.89. The number of carbonyl (C=O) groups is 1. The molecule has 2 aromatic rings. The molecule has 2 aromatic carbocycles. The summed E-state index contributed by atoms with van der Waals surface area (Å²) in [6, 6.07) is 14.4. The van der Waals surface area contributed by atoms with Crippen LogP contribution in [0.1, 0.15) is 24.0 Å². The van der Waals surface area contributed by atoms with Crippen molar-refractivity contribution in [3.8, 4) is 0 Å². The maximum Gasteiger partial charge on any atom is 0.243 e. The summed E-state index contributed by atoms with van der Waals surface area (Å²) < 4.78 is 27.2. The zero-order valence-corrected chi connectivity index (χ0v) is 15.9. The first-order valence-electron chi connectivity index (χ1n) is 8.80. The molecule has 1 fully saturated rings. The second-order valence-corrected chi connectivity index (χ2v) is 8.81. The van der Waals surface area contributed by atoms with Gasteiger partial charge in [0.1, 0.15) is 0 Å². The molecule has 6 heteroatoms.